The lowest BCUT2D eigenvalue weighted by Gasteiger charge is -2.43. The number of aliphatic hydroxyl groups excluding tert-OH is 1. The molecule has 202 valence electrons. The molecule has 10 heteroatoms. The summed E-state index contributed by atoms with van der Waals surface area (Å²) in [6.07, 6.45) is 2.93. The topological polar surface area (TPSA) is 95.0 Å². The number of carbonyl (C=O) groups excluding carboxylic acids is 2. The zero-order valence-electron chi connectivity index (χ0n) is 21.2. The third-order valence-electron chi connectivity index (χ3n) is 8.74. The van der Waals surface area contributed by atoms with Gasteiger partial charge in [-0.3, -0.25) is 19.4 Å². The van der Waals surface area contributed by atoms with Crippen molar-refractivity contribution in [2.24, 2.45) is 5.92 Å². The number of aromatic nitrogens is 1. The van der Waals surface area contributed by atoms with Crippen LogP contribution in [0.1, 0.15) is 55.2 Å². The van der Waals surface area contributed by atoms with Crippen molar-refractivity contribution in [3.63, 3.8) is 0 Å². The second-order valence-electron chi connectivity index (χ2n) is 10.9. The molecule has 3 aliphatic heterocycles. The molecule has 0 radical (unpaired) electrons. The molecular weight excluding hydrogens is 494 g/mol. The molecule has 38 heavy (non-hydrogen) atoms. The molecule has 6 rings (SSSR count). The predicted octanol–water partition coefficient (Wildman–Crippen LogP) is 3.43. The number of carbonyl (C=O) groups is 2. The van der Waals surface area contributed by atoms with Crippen LogP contribution in [-0.2, 0) is 21.4 Å². The van der Waals surface area contributed by atoms with Crippen LogP contribution in [0.3, 0.4) is 0 Å². The van der Waals surface area contributed by atoms with Crippen LogP contribution >= 0.6 is 0 Å². The van der Waals surface area contributed by atoms with E-state index in [9.17, 15) is 23.5 Å². The van der Waals surface area contributed by atoms with Gasteiger partial charge >= 0.3 is 0 Å². The molecule has 0 atom stereocenters. The van der Waals surface area contributed by atoms with Crippen LogP contribution in [0.4, 0.5) is 20.3 Å². The van der Waals surface area contributed by atoms with Crippen LogP contribution in [-0.4, -0.2) is 65.7 Å². The van der Waals surface area contributed by atoms with Crippen molar-refractivity contribution in [3.8, 4) is 5.75 Å². The van der Waals surface area contributed by atoms with Gasteiger partial charge in [-0.1, -0.05) is 6.07 Å². The van der Waals surface area contributed by atoms with Crippen molar-refractivity contribution in [2.45, 2.75) is 56.4 Å². The van der Waals surface area contributed by atoms with Gasteiger partial charge in [0, 0.05) is 36.9 Å². The molecule has 1 saturated heterocycles. The van der Waals surface area contributed by atoms with Gasteiger partial charge in [-0.2, -0.15) is 0 Å². The number of aryl methyl sites for hydroxylation is 1. The highest BCUT2D eigenvalue weighted by Crippen LogP contribution is 2.46. The number of nitrogens with one attached hydrogen (secondary N) is 1. The van der Waals surface area contributed by atoms with Gasteiger partial charge in [0.25, 0.3) is 6.43 Å². The molecule has 1 aromatic carbocycles. The Kier molecular flexibility index (Phi) is 6.55. The lowest BCUT2D eigenvalue weighted by atomic mass is 9.73. The van der Waals surface area contributed by atoms with Gasteiger partial charge in [0.15, 0.2) is 0 Å². The maximum Gasteiger partial charge on any atom is 0.263 e. The number of piperidine rings is 1. The molecule has 0 bridgehead atoms. The van der Waals surface area contributed by atoms with Crippen molar-refractivity contribution in [1.82, 2.24) is 9.88 Å². The fourth-order valence-electron chi connectivity index (χ4n) is 6.39. The Balaban J connectivity index is 1.05. The first kappa shape index (κ1) is 25.2. The Morgan fingerprint density at radius 2 is 1.95 bits per heavy atom. The van der Waals surface area contributed by atoms with Crippen LogP contribution < -0.4 is 15.0 Å². The number of halogens is 2. The van der Waals surface area contributed by atoms with Gasteiger partial charge in [-0.25, -0.2) is 13.8 Å². The first-order valence-corrected chi connectivity index (χ1v) is 13.4. The molecule has 4 heterocycles. The van der Waals surface area contributed by atoms with Crippen LogP contribution in [0, 0.1) is 5.92 Å². The zero-order chi connectivity index (χ0) is 26.4. The van der Waals surface area contributed by atoms with Crippen molar-refractivity contribution in [3.05, 3.63) is 47.2 Å². The lowest BCUT2D eigenvalue weighted by Crippen LogP contribution is -2.51. The minimum absolute atomic E-state index is 0.0522. The van der Waals surface area contributed by atoms with E-state index in [0.29, 0.717) is 74.7 Å². The molecule has 2 N–H and O–H groups in total. The van der Waals surface area contributed by atoms with E-state index in [1.165, 1.54) is 12.1 Å². The van der Waals surface area contributed by atoms with Crippen LogP contribution in [0.15, 0.2) is 30.5 Å². The summed E-state index contributed by atoms with van der Waals surface area (Å²) in [6.45, 7) is 2.63. The molecule has 4 aliphatic rings. The number of ether oxygens (including phenoxy) is 1. The number of likely N-dealkylation sites (tertiary alicyclic amines) is 1. The summed E-state index contributed by atoms with van der Waals surface area (Å²) in [5.41, 5.74) is 1.53. The van der Waals surface area contributed by atoms with E-state index >= 15 is 0 Å². The van der Waals surface area contributed by atoms with E-state index in [1.54, 1.807) is 17.2 Å². The number of nitrogens with zero attached hydrogens (tertiary/aromatic N) is 3. The van der Waals surface area contributed by atoms with Gasteiger partial charge in [-0.15, -0.1) is 0 Å². The monoisotopic (exact) mass is 526 g/mol. The highest BCUT2D eigenvalue weighted by atomic mass is 19.3. The number of alkyl halides is 2. The molecule has 1 saturated carbocycles. The van der Waals surface area contributed by atoms with Gasteiger partial charge in [0.2, 0.25) is 11.8 Å². The molecule has 1 spiro atoms. The second-order valence-corrected chi connectivity index (χ2v) is 10.9. The maximum atomic E-state index is 13.3. The number of amides is 2. The Labute approximate surface area is 220 Å². The quantitative estimate of drug-likeness (QED) is 0.574. The summed E-state index contributed by atoms with van der Waals surface area (Å²) >= 11 is 0. The molecule has 2 amide bonds. The Bertz CT molecular complexity index is 1240. The summed E-state index contributed by atoms with van der Waals surface area (Å²) in [7, 11) is 0. The van der Waals surface area contributed by atoms with Crippen molar-refractivity contribution < 1.29 is 28.2 Å². The van der Waals surface area contributed by atoms with E-state index in [-0.39, 0.29) is 35.9 Å². The number of aliphatic hydroxyl groups is 1. The average molecular weight is 527 g/mol. The van der Waals surface area contributed by atoms with Crippen molar-refractivity contribution in [2.75, 3.05) is 43.1 Å². The number of fused-ring (bicyclic) bond motifs is 3. The number of benzene rings is 1. The minimum Gasteiger partial charge on any atom is -0.491 e. The molecule has 0 unspecified atom stereocenters. The third kappa shape index (κ3) is 4.33. The average Bonchev–Trinajstić information content (AvgIpc) is 3.16. The molecular formula is C28H32F2N4O4. The van der Waals surface area contributed by atoms with Gasteiger partial charge < -0.3 is 15.2 Å². The molecule has 8 nitrogen and oxygen atoms in total. The van der Waals surface area contributed by atoms with Crippen LogP contribution in [0.2, 0.25) is 0 Å². The molecule has 1 aromatic heterocycles. The van der Waals surface area contributed by atoms with Gasteiger partial charge in [-0.05, 0) is 80.4 Å². The maximum absolute atomic E-state index is 13.3. The number of hydrogen-bond donors (Lipinski definition) is 2. The van der Waals surface area contributed by atoms with Crippen molar-refractivity contribution >= 4 is 23.3 Å². The van der Waals surface area contributed by atoms with Crippen LogP contribution in [0.5, 0.6) is 5.75 Å². The predicted molar refractivity (Wildman–Crippen MR) is 137 cm³/mol. The third-order valence-corrected chi connectivity index (χ3v) is 8.74. The largest absolute Gasteiger partial charge is 0.491 e. The Hall–Kier alpha value is -3.11. The number of anilines is 2. The Morgan fingerprint density at radius 1 is 1.16 bits per heavy atom. The second kappa shape index (κ2) is 9.89. The van der Waals surface area contributed by atoms with E-state index in [4.69, 9.17) is 4.74 Å². The van der Waals surface area contributed by atoms with E-state index in [0.717, 1.165) is 18.4 Å². The summed E-state index contributed by atoms with van der Waals surface area (Å²) in [5.74, 6) is 1.62. The van der Waals surface area contributed by atoms with E-state index in [1.807, 2.05) is 6.07 Å². The standard InChI is InChI=1S/C28H32F2N4O4/c29-25(30)18-1-3-23-22(14-18)28(27(37)32-23)5-7-33(8-6-28)9-10-38-21-13-19-2-4-24(36)34(26(19)31-15-21)20-11-17(12-20)16-35/h1,3,13-15,17,20,25,35H,2,4-12,16H2,(H,32,37). The molecule has 2 fully saturated rings. The first-order chi connectivity index (χ1) is 18.4. The summed E-state index contributed by atoms with van der Waals surface area (Å²) in [6, 6.07) is 6.53. The smallest absolute Gasteiger partial charge is 0.263 e. The number of hydrogen-bond acceptors (Lipinski definition) is 6. The summed E-state index contributed by atoms with van der Waals surface area (Å²) in [4.78, 5) is 34.1. The molecule has 2 aromatic rings. The number of rotatable bonds is 7. The highest BCUT2D eigenvalue weighted by Gasteiger charge is 2.48. The number of pyridine rings is 1. The van der Waals surface area contributed by atoms with Crippen molar-refractivity contribution in [1.29, 1.82) is 0 Å². The van der Waals surface area contributed by atoms with E-state index in [2.05, 4.69) is 15.2 Å². The summed E-state index contributed by atoms with van der Waals surface area (Å²) in [5, 5.41) is 12.2. The first-order valence-electron chi connectivity index (χ1n) is 13.4. The van der Waals surface area contributed by atoms with Gasteiger partial charge in [0.1, 0.15) is 18.2 Å². The van der Waals surface area contributed by atoms with Crippen LogP contribution in [0.25, 0.3) is 0 Å². The summed E-state index contributed by atoms with van der Waals surface area (Å²) < 4.78 is 32.6. The Morgan fingerprint density at radius 3 is 2.68 bits per heavy atom. The lowest BCUT2D eigenvalue weighted by molar-refractivity contribution is -0.122. The zero-order valence-corrected chi connectivity index (χ0v) is 21.2. The molecule has 1 aliphatic carbocycles. The minimum atomic E-state index is -2.57. The SMILES string of the molecule is O=C1CCc2cc(OCCN3CCC4(CC3)C(=O)Nc3ccc(C(F)F)cc34)cnc2N1C1CC(CO)C1. The highest BCUT2D eigenvalue weighted by molar-refractivity contribution is 6.06. The van der Waals surface area contributed by atoms with E-state index < -0.39 is 11.8 Å². The normalized spacial score (nSPS) is 24.3. The fourth-order valence-corrected chi connectivity index (χ4v) is 6.39. The van der Waals surface area contributed by atoms with Gasteiger partial charge in [0.05, 0.1) is 11.6 Å². The fraction of sp³-hybridized carbons (Fsp3) is 0.536.